The van der Waals surface area contributed by atoms with Crippen LogP contribution in [0.1, 0.15) is 65.7 Å². The van der Waals surface area contributed by atoms with Gasteiger partial charge in [-0.25, -0.2) is 0 Å². The first-order valence-corrected chi connectivity index (χ1v) is 7.08. The summed E-state index contributed by atoms with van der Waals surface area (Å²) < 4.78 is 27.5. The lowest BCUT2D eigenvalue weighted by molar-refractivity contribution is -0.0997. The third-order valence-electron chi connectivity index (χ3n) is 3.31. The summed E-state index contributed by atoms with van der Waals surface area (Å²) >= 11 is 0. The molecule has 1 N–H and O–H groups in total. The Hall–Kier alpha value is -0.440. The molecule has 0 amide bonds. The molecule has 0 spiro atoms. The summed E-state index contributed by atoms with van der Waals surface area (Å²) in [6, 6.07) is 0. The molecule has 108 valence electrons. The maximum absolute atomic E-state index is 13.7. The molecule has 18 heavy (non-hydrogen) atoms. The fourth-order valence-electron chi connectivity index (χ4n) is 1.91. The molecule has 0 saturated carbocycles. The largest absolute Gasteiger partial charge is 0.386 e. The first kappa shape index (κ1) is 17.6. The minimum atomic E-state index is -3.16. The highest BCUT2D eigenvalue weighted by molar-refractivity contribution is 5.11. The second-order valence-electron chi connectivity index (χ2n) is 5.43. The molecule has 0 aromatic carbocycles. The second kappa shape index (κ2) is 8.63. The van der Waals surface area contributed by atoms with Gasteiger partial charge in [-0.15, -0.1) is 0 Å². The molecule has 1 nitrogen and oxygen atoms in total. The van der Waals surface area contributed by atoms with Gasteiger partial charge in [0.05, 0.1) is 0 Å². The molecule has 0 bridgehead atoms. The Balaban J connectivity index is 3.94. The van der Waals surface area contributed by atoms with Crippen molar-refractivity contribution in [1.82, 2.24) is 0 Å². The Morgan fingerprint density at radius 1 is 1.11 bits per heavy atom. The summed E-state index contributed by atoms with van der Waals surface area (Å²) in [4.78, 5) is 0. The number of hydrogen-bond acceptors (Lipinski definition) is 1. The summed E-state index contributed by atoms with van der Waals surface area (Å²) in [5.74, 6) is -3.61. The van der Waals surface area contributed by atoms with E-state index in [1.54, 1.807) is 13.8 Å². The molecule has 3 heteroatoms. The van der Waals surface area contributed by atoms with Crippen LogP contribution in [0.4, 0.5) is 8.78 Å². The molecule has 1 unspecified atom stereocenters. The second-order valence-corrected chi connectivity index (χ2v) is 5.43. The summed E-state index contributed by atoms with van der Waals surface area (Å²) in [6.07, 6.45) is 5.06. The molecule has 0 aromatic rings. The quantitative estimate of drug-likeness (QED) is 0.436. The Bertz CT molecular complexity index is 237. The van der Waals surface area contributed by atoms with Crippen LogP contribution in [0.15, 0.2) is 12.2 Å². The lowest BCUT2D eigenvalue weighted by Gasteiger charge is -2.27. The zero-order chi connectivity index (χ0) is 14.2. The fraction of sp³-hybridized carbons (Fsp3) is 0.867. The van der Waals surface area contributed by atoms with E-state index in [9.17, 15) is 13.9 Å². The number of aliphatic hydroxyl groups is 1. The van der Waals surface area contributed by atoms with E-state index in [0.717, 1.165) is 19.3 Å². The maximum Gasteiger partial charge on any atom is 0.294 e. The number of unbranched alkanes of at least 4 members (excludes halogenated alkanes) is 5. The van der Waals surface area contributed by atoms with Gasteiger partial charge >= 0.3 is 0 Å². The number of aliphatic hydroxyl groups excluding tert-OH is 1. The Morgan fingerprint density at radius 3 is 2.11 bits per heavy atom. The fourth-order valence-corrected chi connectivity index (χ4v) is 1.91. The van der Waals surface area contributed by atoms with E-state index >= 15 is 0 Å². The van der Waals surface area contributed by atoms with Crippen molar-refractivity contribution in [3.63, 3.8) is 0 Å². The smallest absolute Gasteiger partial charge is 0.294 e. The van der Waals surface area contributed by atoms with Gasteiger partial charge in [-0.3, -0.25) is 0 Å². The van der Waals surface area contributed by atoms with Crippen LogP contribution in [0.5, 0.6) is 0 Å². The lowest BCUT2D eigenvalue weighted by atomic mass is 9.92. The zero-order valence-electron chi connectivity index (χ0n) is 12.0. The van der Waals surface area contributed by atoms with Crippen molar-refractivity contribution < 1.29 is 13.9 Å². The monoisotopic (exact) mass is 262 g/mol. The predicted molar refractivity (Wildman–Crippen MR) is 72.9 cm³/mol. The van der Waals surface area contributed by atoms with E-state index in [2.05, 4.69) is 13.5 Å². The van der Waals surface area contributed by atoms with E-state index in [0.29, 0.717) is 6.42 Å². The molecular weight excluding hydrogens is 234 g/mol. The van der Waals surface area contributed by atoms with Crippen molar-refractivity contribution >= 4 is 0 Å². The molecular formula is C15H28F2O. The average molecular weight is 262 g/mol. The lowest BCUT2D eigenvalue weighted by Crippen LogP contribution is -2.38. The molecule has 0 heterocycles. The average Bonchev–Trinajstić information content (AvgIpc) is 2.31. The molecule has 0 radical (unpaired) electrons. The van der Waals surface area contributed by atoms with Gasteiger partial charge < -0.3 is 5.11 Å². The third kappa shape index (κ3) is 5.94. The van der Waals surface area contributed by atoms with Crippen molar-refractivity contribution in [1.29, 1.82) is 0 Å². The van der Waals surface area contributed by atoms with Gasteiger partial charge in [0.25, 0.3) is 5.92 Å². The van der Waals surface area contributed by atoms with E-state index in [1.807, 2.05) is 0 Å². The van der Waals surface area contributed by atoms with Crippen LogP contribution in [0.3, 0.4) is 0 Å². The molecule has 0 aliphatic heterocycles. The number of halogens is 2. The highest BCUT2D eigenvalue weighted by Crippen LogP contribution is 2.33. The maximum atomic E-state index is 13.7. The molecule has 0 fully saturated rings. The van der Waals surface area contributed by atoms with E-state index < -0.39 is 17.9 Å². The summed E-state index contributed by atoms with van der Waals surface area (Å²) in [5.41, 5.74) is -0.126. The summed E-state index contributed by atoms with van der Waals surface area (Å²) in [6.45, 7) is 8.79. The molecule has 0 aromatic heterocycles. The normalized spacial score (nSPS) is 13.9. The van der Waals surface area contributed by atoms with Crippen LogP contribution >= 0.6 is 0 Å². The van der Waals surface area contributed by atoms with Gasteiger partial charge in [-0.1, -0.05) is 59.5 Å². The van der Waals surface area contributed by atoms with Gasteiger partial charge in [0.15, 0.2) is 0 Å². The first-order chi connectivity index (χ1) is 8.34. The van der Waals surface area contributed by atoms with Crippen molar-refractivity contribution in [3.8, 4) is 0 Å². The van der Waals surface area contributed by atoms with Crippen molar-refractivity contribution in [2.24, 2.45) is 5.92 Å². The van der Waals surface area contributed by atoms with Crippen LogP contribution < -0.4 is 0 Å². The minimum Gasteiger partial charge on any atom is -0.386 e. The van der Waals surface area contributed by atoms with Crippen LogP contribution in [-0.2, 0) is 0 Å². The van der Waals surface area contributed by atoms with Crippen molar-refractivity contribution in [2.75, 3.05) is 0 Å². The minimum absolute atomic E-state index is 0.126. The molecule has 0 saturated heterocycles. The zero-order valence-corrected chi connectivity index (χ0v) is 12.0. The van der Waals surface area contributed by atoms with E-state index in [1.165, 1.54) is 19.3 Å². The number of hydrogen-bond donors (Lipinski definition) is 1. The highest BCUT2D eigenvalue weighted by atomic mass is 19.3. The number of rotatable bonds is 10. The topological polar surface area (TPSA) is 20.2 Å². The van der Waals surface area contributed by atoms with E-state index in [-0.39, 0.29) is 5.57 Å². The van der Waals surface area contributed by atoms with Crippen LogP contribution in [-0.4, -0.2) is 17.1 Å². The molecule has 1 atom stereocenters. The summed E-state index contributed by atoms with van der Waals surface area (Å²) in [7, 11) is 0. The molecule has 0 aliphatic rings. The predicted octanol–water partition coefficient (Wildman–Crippen LogP) is 4.95. The summed E-state index contributed by atoms with van der Waals surface area (Å²) in [5, 5.41) is 9.49. The molecule has 0 rings (SSSR count). The SMILES string of the molecule is C=C(CCCCCCCC)C(F)(F)C(O)C(C)C. The van der Waals surface area contributed by atoms with Crippen LogP contribution in [0.2, 0.25) is 0 Å². The Morgan fingerprint density at radius 2 is 1.61 bits per heavy atom. The number of alkyl halides is 2. The van der Waals surface area contributed by atoms with Gasteiger partial charge in [-0.2, -0.15) is 8.78 Å². The van der Waals surface area contributed by atoms with Gasteiger partial charge in [0, 0.05) is 0 Å². The van der Waals surface area contributed by atoms with Crippen LogP contribution in [0, 0.1) is 5.92 Å². The third-order valence-corrected chi connectivity index (χ3v) is 3.31. The van der Waals surface area contributed by atoms with Gasteiger partial charge in [0.1, 0.15) is 6.10 Å². The van der Waals surface area contributed by atoms with Crippen molar-refractivity contribution in [2.45, 2.75) is 77.7 Å². The molecule has 0 aliphatic carbocycles. The standard InChI is InChI=1S/C15H28F2O/c1-5-6-7-8-9-10-11-13(4)15(16,17)14(18)12(2)3/h12,14,18H,4-11H2,1-3H3. The first-order valence-electron chi connectivity index (χ1n) is 7.08. The highest BCUT2D eigenvalue weighted by Gasteiger charge is 2.42. The van der Waals surface area contributed by atoms with Gasteiger partial charge in [0.2, 0.25) is 0 Å². The van der Waals surface area contributed by atoms with E-state index in [4.69, 9.17) is 0 Å². The Labute approximate surface area is 110 Å². The van der Waals surface area contributed by atoms with Crippen molar-refractivity contribution in [3.05, 3.63) is 12.2 Å². The van der Waals surface area contributed by atoms with Crippen LogP contribution in [0.25, 0.3) is 0 Å². The Kier molecular flexibility index (Phi) is 8.41. The van der Waals surface area contributed by atoms with Gasteiger partial charge in [-0.05, 0) is 24.3 Å².